The number of carbonyl (C=O) groups is 1. The molecule has 4 heteroatoms. The highest BCUT2D eigenvalue weighted by Crippen LogP contribution is 2.10. The first-order valence-electron chi connectivity index (χ1n) is 7.21. The maximum Gasteiger partial charge on any atom is 0.239 e. The van der Waals surface area contributed by atoms with Crippen LogP contribution in [0.25, 0.3) is 0 Å². The third-order valence-electron chi connectivity index (χ3n) is 3.57. The van der Waals surface area contributed by atoms with E-state index in [4.69, 9.17) is 0 Å². The van der Waals surface area contributed by atoms with Crippen LogP contribution in [0.2, 0.25) is 0 Å². The largest absolute Gasteiger partial charge is 0.354 e. The second-order valence-electron chi connectivity index (χ2n) is 5.98. The van der Waals surface area contributed by atoms with Crippen molar-refractivity contribution in [3.63, 3.8) is 0 Å². The van der Waals surface area contributed by atoms with E-state index in [1.54, 1.807) is 0 Å². The van der Waals surface area contributed by atoms with Crippen molar-refractivity contribution in [1.82, 2.24) is 15.5 Å². The van der Waals surface area contributed by atoms with Gasteiger partial charge >= 0.3 is 0 Å². The summed E-state index contributed by atoms with van der Waals surface area (Å²) in [6, 6.07) is 0. The van der Waals surface area contributed by atoms with Gasteiger partial charge in [-0.05, 0) is 52.2 Å². The summed E-state index contributed by atoms with van der Waals surface area (Å²) in [6.45, 7) is 13.2. The van der Waals surface area contributed by atoms with Crippen molar-refractivity contribution in [2.75, 3.05) is 32.7 Å². The molecule has 1 amide bonds. The summed E-state index contributed by atoms with van der Waals surface area (Å²) in [6.07, 6.45) is 2.65. The van der Waals surface area contributed by atoms with Gasteiger partial charge in [-0.3, -0.25) is 4.79 Å². The van der Waals surface area contributed by atoms with Gasteiger partial charge in [0, 0.05) is 13.1 Å². The Kier molecular flexibility index (Phi) is 6.09. The van der Waals surface area contributed by atoms with Crippen LogP contribution in [0, 0.1) is 5.92 Å². The summed E-state index contributed by atoms with van der Waals surface area (Å²) in [7, 11) is 0. The molecule has 0 aromatic rings. The van der Waals surface area contributed by atoms with Crippen LogP contribution < -0.4 is 10.6 Å². The standard InChI is InChI=1S/C14H29N3O/c1-5-16-14(3,4)13(18)15-10-12(2)11-17-8-6-7-9-17/h12,16H,5-11H2,1-4H3,(H,15,18). The minimum atomic E-state index is -0.470. The number of likely N-dealkylation sites (tertiary alicyclic amines) is 1. The lowest BCUT2D eigenvalue weighted by Crippen LogP contribution is -2.53. The molecule has 2 N–H and O–H groups in total. The highest BCUT2D eigenvalue weighted by molar-refractivity contribution is 5.85. The van der Waals surface area contributed by atoms with Crippen LogP contribution in [0.4, 0.5) is 0 Å². The molecule has 1 atom stereocenters. The van der Waals surface area contributed by atoms with Gasteiger partial charge in [0.2, 0.25) is 5.91 Å². The van der Waals surface area contributed by atoms with Crippen molar-refractivity contribution in [2.45, 2.75) is 46.1 Å². The number of nitrogens with one attached hydrogen (secondary N) is 2. The van der Waals surface area contributed by atoms with Crippen LogP contribution in [0.15, 0.2) is 0 Å². The lowest BCUT2D eigenvalue weighted by Gasteiger charge is -2.26. The van der Waals surface area contributed by atoms with Crippen molar-refractivity contribution in [2.24, 2.45) is 5.92 Å². The number of hydrogen-bond donors (Lipinski definition) is 2. The minimum Gasteiger partial charge on any atom is -0.354 e. The molecule has 106 valence electrons. The average molecular weight is 255 g/mol. The van der Waals surface area contributed by atoms with Crippen LogP contribution in [-0.4, -0.2) is 49.1 Å². The van der Waals surface area contributed by atoms with E-state index in [0.717, 1.165) is 19.6 Å². The van der Waals surface area contributed by atoms with Crippen LogP contribution in [0.3, 0.4) is 0 Å². The number of likely N-dealkylation sites (N-methyl/N-ethyl adjacent to an activating group) is 1. The number of rotatable bonds is 7. The fourth-order valence-corrected chi connectivity index (χ4v) is 2.48. The molecular weight excluding hydrogens is 226 g/mol. The third kappa shape index (κ3) is 4.94. The average Bonchev–Trinajstić information content (AvgIpc) is 2.78. The van der Waals surface area contributed by atoms with Gasteiger partial charge in [0.05, 0.1) is 5.54 Å². The maximum atomic E-state index is 12.0. The normalized spacial score (nSPS) is 18.9. The minimum absolute atomic E-state index is 0.0950. The summed E-state index contributed by atoms with van der Waals surface area (Å²) >= 11 is 0. The molecule has 0 spiro atoms. The number of amides is 1. The zero-order valence-electron chi connectivity index (χ0n) is 12.4. The van der Waals surface area contributed by atoms with E-state index in [1.165, 1.54) is 25.9 Å². The third-order valence-corrected chi connectivity index (χ3v) is 3.57. The molecule has 0 aliphatic carbocycles. The Balaban J connectivity index is 2.24. The molecule has 1 aliphatic rings. The quantitative estimate of drug-likeness (QED) is 0.719. The molecule has 4 nitrogen and oxygen atoms in total. The van der Waals surface area contributed by atoms with E-state index >= 15 is 0 Å². The lowest BCUT2D eigenvalue weighted by molar-refractivity contribution is -0.126. The Bertz CT molecular complexity index is 260. The van der Waals surface area contributed by atoms with Gasteiger partial charge < -0.3 is 15.5 Å². The molecule has 0 aromatic heterocycles. The molecule has 18 heavy (non-hydrogen) atoms. The van der Waals surface area contributed by atoms with Crippen LogP contribution in [-0.2, 0) is 4.79 Å². The monoisotopic (exact) mass is 255 g/mol. The summed E-state index contributed by atoms with van der Waals surface area (Å²) in [5, 5.41) is 6.25. The van der Waals surface area contributed by atoms with Crippen molar-refractivity contribution >= 4 is 5.91 Å². The van der Waals surface area contributed by atoms with E-state index in [1.807, 2.05) is 20.8 Å². The first kappa shape index (κ1) is 15.4. The Morgan fingerprint density at radius 1 is 1.33 bits per heavy atom. The van der Waals surface area contributed by atoms with Crippen molar-refractivity contribution in [1.29, 1.82) is 0 Å². The van der Waals surface area contributed by atoms with E-state index in [-0.39, 0.29) is 5.91 Å². The highest BCUT2D eigenvalue weighted by Gasteiger charge is 2.26. The maximum absolute atomic E-state index is 12.0. The molecule has 1 rings (SSSR count). The molecule has 0 saturated carbocycles. The molecule has 0 radical (unpaired) electrons. The first-order chi connectivity index (χ1) is 8.45. The van der Waals surface area contributed by atoms with E-state index in [2.05, 4.69) is 22.5 Å². The molecule has 0 bridgehead atoms. The fourth-order valence-electron chi connectivity index (χ4n) is 2.48. The fraction of sp³-hybridized carbons (Fsp3) is 0.929. The number of nitrogens with zero attached hydrogens (tertiary/aromatic N) is 1. The topological polar surface area (TPSA) is 44.4 Å². The number of hydrogen-bond acceptors (Lipinski definition) is 3. The lowest BCUT2D eigenvalue weighted by atomic mass is 10.0. The second-order valence-corrected chi connectivity index (χ2v) is 5.98. The van der Waals surface area contributed by atoms with Gasteiger partial charge in [0.25, 0.3) is 0 Å². The number of carbonyl (C=O) groups excluding carboxylic acids is 1. The van der Waals surface area contributed by atoms with Gasteiger partial charge in [-0.25, -0.2) is 0 Å². The van der Waals surface area contributed by atoms with Crippen molar-refractivity contribution in [3.8, 4) is 0 Å². The SMILES string of the molecule is CCNC(C)(C)C(=O)NCC(C)CN1CCCC1. The molecule has 1 fully saturated rings. The van der Waals surface area contributed by atoms with Crippen LogP contribution in [0.5, 0.6) is 0 Å². The zero-order chi connectivity index (χ0) is 13.6. The highest BCUT2D eigenvalue weighted by atomic mass is 16.2. The predicted molar refractivity (Wildman–Crippen MR) is 75.6 cm³/mol. The van der Waals surface area contributed by atoms with Gasteiger partial charge in [0.1, 0.15) is 0 Å². The Labute approximate surface area is 111 Å². The molecule has 0 aromatic carbocycles. The Morgan fingerprint density at radius 3 is 2.50 bits per heavy atom. The van der Waals surface area contributed by atoms with E-state index in [9.17, 15) is 4.79 Å². The summed E-state index contributed by atoms with van der Waals surface area (Å²) in [5.41, 5.74) is -0.470. The van der Waals surface area contributed by atoms with Crippen molar-refractivity contribution < 1.29 is 4.79 Å². The Hall–Kier alpha value is -0.610. The van der Waals surface area contributed by atoms with Gasteiger partial charge in [-0.15, -0.1) is 0 Å². The molecule has 1 aliphatic heterocycles. The first-order valence-corrected chi connectivity index (χ1v) is 7.21. The summed E-state index contributed by atoms with van der Waals surface area (Å²) < 4.78 is 0. The second kappa shape index (κ2) is 7.10. The van der Waals surface area contributed by atoms with E-state index in [0.29, 0.717) is 5.92 Å². The summed E-state index contributed by atoms with van der Waals surface area (Å²) in [5.74, 6) is 0.613. The smallest absolute Gasteiger partial charge is 0.239 e. The van der Waals surface area contributed by atoms with Gasteiger partial charge in [-0.1, -0.05) is 13.8 Å². The van der Waals surface area contributed by atoms with Crippen molar-refractivity contribution in [3.05, 3.63) is 0 Å². The summed E-state index contributed by atoms with van der Waals surface area (Å²) in [4.78, 5) is 14.5. The van der Waals surface area contributed by atoms with Gasteiger partial charge in [0.15, 0.2) is 0 Å². The van der Waals surface area contributed by atoms with Gasteiger partial charge in [-0.2, -0.15) is 0 Å². The van der Waals surface area contributed by atoms with Crippen LogP contribution >= 0.6 is 0 Å². The van der Waals surface area contributed by atoms with Crippen LogP contribution in [0.1, 0.15) is 40.5 Å². The molecule has 1 unspecified atom stereocenters. The Morgan fingerprint density at radius 2 is 1.94 bits per heavy atom. The van der Waals surface area contributed by atoms with E-state index < -0.39 is 5.54 Å². The predicted octanol–water partition coefficient (Wildman–Crippen LogP) is 1.22. The molecular formula is C14H29N3O. The zero-order valence-corrected chi connectivity index (χ0v) is 12.4. The molecule has 1 saturated heterocycles. The molecule has 1 heterocycles.